The summed E-state index contributed by atoms with van der Waals surface area (Å²) >= 11 is 6.07. The maximum absolute atomic E-state index is 13.3. The van der Waals surface area contributed by atoms with Gasteiger partial charge in [0.2, 0.25) is 0 Å². The van der Waals surface area contributed by atoms with E-state index in [1.807, 2.05) is 0 Å². The third-order valence-electron chi connectivity index (χ3n) is 3.67. The highest BCUT2D eigenvalue weighted by Gasteiger charge is 2.35. The Kier molecular flexibility index (Phi) is 4.82. The first kappa shape index (κ1) is 14.8. The van der Waals surface area contributed by atoms with Gasteiger partial charge in [-0.3, -0.25) is 0 Å². The van der Waals surface area contributed by atoms with Crippen LogP contribution < -0.4 is 0 Å². The number of halogens is 2. The van der Waals surface area contributed by atoms with Crippen LogP contribution in [0.15, 0.2) is 18.2 Å². The fourth-order valence-corrected chi connectivity index (χ4v) is 2.89. The molecule has 2 unspecified atom stereocenters. The summed E-state index contributed by atoms with van der Waals surface area (Å²) in [5, 5.41) is 11.2. The van der Waals surface area contributed by atoms with Crippen LogP contribution in [0.1, 0.15) is 38.2 Å². The quantitative estimate of drug-likeness (QED) is 0.914. The van der Waals surface area contributed by atoms with Crippen molar-refractivity contribution >= 4 is 11.6 Å². The average Bonchev–Trinajstić information content (AvgIpc) is 2.34. The smallest absolute Gasteiger partial charge is 0.123 e. The minimum Gasteiger partial charge on any atom is -0.389 e. The Morgan fingerprint density at radius 3 is 3.05 bits per heavy atom. The normalized spacial score (nSPS) is 27.5. The molecule has 1 aromatic rings. The molecule has 0 spiro atoms. The number of hydrogen-bond acceptors (Lipinski definition) is 2. The van der Waals surface area contributed by atoms with Gasteiger partial charge in [-0.05, 0) is 36.6 Å². The molecular weight excluding hydrogens is 267 g/mol. The van der Waals surface area contributed by atoms with Crippen LogP contribution >= 0.6 is 11.6 Å². The monoisotopic (exact) mass is 286 g/mol. The molecular formula is C15H20ClFO2. The summed E-state index contributed by atoms with van der Waals surface area (Å²) in [6.07, 6.45) is 3.61. The van der Waals surface area contributed by atoms with Gasteiger partial charge < -0.3 is 9.84 Å². The second-order valence-electron chi connectivity index (χ2n) is 5.37. The van der Waals surface area contributed by atoms with Crippen molar-refractivity contribution < 1.29 is 14.2 Å². The molecule has 4 heteroatoms. The Morgan fingerprint density at radius 1 is 1.53 bits per heavy atom. The highest BCUT2D eigenvalue weighted by atomic mass is 35.5. The lowest BCUT2D eigenvalue weighted by Crippen LogP contribution is -2.42. The highest BCUT2D eigenvalue weighted by Crippen LogP contribution is 2.32. The molecule has 1 heterocycles. The van der Waals surface area contributed by atoms with Crippen molar-refractivity contribution in [3.05, 3.63) is 34.6 Å². The lowest BCUT2D eigenvalue weighted by Gasteiger charge is -2.37. The molecule has 1 fully saturated rings. The largest absolute Gasteiger partial charge is 0.389 e. The van der Waals surface area contributed by atoms with Crippen LogP contribution in [-0.2, 0) is 11.2 Å². The molecule has 1 saturated heterocycles. The lowest BCUT2D eigenvalue weighted by atomic mass is 9.83. The first-order valence-corrected chi connectivity index (χ1v) is 7.18. The molecule has 19 heavy (non-hydrogen) atoms. The third kappa shape index (κ3) is 3.91. The SMILES string of the molecule is CCCC1CC(O)(Cc2cc(F)ccc2Cl)CCO1. The third-order valence-corrected chi connectivity index (χ3v) is 4.04. The molecule has 0 amide bonds. The van der Waals surface area contributed by atoms with E-state index in [9.17, 15) is 9.50 Å². The van der Waals surface area contributed by atoms with E-state index in [4.69, 9.17) is 16.3 Å². The van der Waals surface area contributed by atoms with Crippen LogP contribution in [0.5, 0.6) is 0 Å². The molecule has 2 atom stereocenters. The zero-order valence-corrected chi connectivity index (χ0v) is 11.9. The van der Waals surface area contributed by atoms with E-state index in [1.165, 1.54) is 12.1 Å². The molecule has 1 aliphatic rings. The predicted octanol–water partition coefficient (Wildman–Crippen LogP) is 3.73. The van der Waals surface area contributed by atoms with Crippen LogP contribution in [0, 0.1) is 5.82 Å². The maximum Gasteiger partial charge on any atom is 0.123 e. The van der Waals surface area contributed by atoms with Gasteiger partial charge in [-0.25, -0.2) is 4.39 Å². The Morgan fingerprint density at radius 2 is 2.32 bits per heavy atom. The van der Waals surface area contributed by atoms with E-state index in [0.29, 0.717) is 36.5 Å². The minimum atomic E-state index is -0.838. The van der Waals surface area contributed by atoms with Crippen molar-refractivity contribution in [3.63, 3.8) is 0 Å². The molecule has 1 N–H and O–H groups in total. The summed E-state index contributed by atoms with van der Waals surface area (Å²) in [5.74, 6) is -0.319. The maximum atomic E-state index is 13.3. The van der Waals surface area contributed by atoms with E-state index < -0.39 is 5.60 Å². The van der Waals surface area contributed by atoms with E-state index in [1.54, 1.807) is 6.07 Å². The summed E-state index contributed by atoms with van der Waals surface area (Å²) in [7, 11) is 0. The predicted molar refractivity (Wildman–Crippen MR) is 73.9 cm³/mol. The Bertz CT molecular complexity index is 436. The molecule has 0 bridgehead atoms. The summed E-state index contributed by atoms with van der Waals surface area (Å²) in [4.78, 5) is 0. The first-order chi connectivity index (χ1) is 9.02. The second kappa shape index (κ2) is 6.21. The lowest BCUT2D eigenvalue weighted by molar-refractivity contribution is -0.104. The van der Waals surface area contributed by atoms with E-state index in [-0.39, 0.29) is 11.9 Å². The standard InChI is InChI=1S/C15H20ClFO2/c1-2-3-13-10-15(18,6-7-19-13)9-11-8-12(17)4-5-14(11)16/h4-5,8,13,18H,2-3,6-7,9-10H2,1H3. The van der Waals surface area contributed by atoms with Crippen molar-refractivity contribution in [1.82, 2.24) is 0 Å². The fraction of sp³-hybridized carbons (Fsp3) is 0.600. The van der Waals surface area contributed by atoms with Gasteiger partial charge >= 0.3 is 0 Å². The van der Waals surface area contributed by atoms with Gasteiger partial charge in [0.15, 0.2) is 0 Å². The Balaban J connectivity index is 2.09. The van der Waals surface area contributed by atoms with Gasteiger partial charge in [0, 0.05) is 24.5 Å². The van der Waals surface area contributed by atoms with Crippen molar-refractivity contribution in [1.29, 1.82) is 0 Å². The number of rotatable bonds is 4. The zero-order chi connectivity index (χ0) is 13.9. The van der Waals surface area contributed by atoms with Crippen LogP contribution in [0.2, 0.25) is 5.02 Å². The van der Waals surface area contributed by atoms with Gasteiger partial charge in [0.25, 0.3) is 0 Å². The number of aliphatic hydroxyl groups is 1. The Labute approximate surface area is 118 Å². The summed E-state index contributed by atoms with van der Waals surface area (Å²) in [5.41, 5.74) is -0.170. The molecule has 106 valence electrons. The topological polar surface area (TPSA) is 29.5 Å². The zero-order valence-electron chi connectivity index (χ0n) is 11.2. The van der Waals surface area contributed by atoms with Crippen LogP contribution in [-0.4, -0.2) is 23.4 Å². The van der Waals surface area contributed by atoms with Crippen molar-refractivity contribution in [3.8, 4) is 0 Å². The average molecular weight is 287 g/mol. The van der Waals surface area contributed by atoms with Crippen molar-refractivity contribution in [2.24, 2.45) is 0 Å². The van der Waals surface area contributed by atoms with Crippen LogP contribution in [0.4, 0.5) is 4.39 Å². The van der Waals surface area contributed by atoms with E-state index in [0.717, 1.165) is 12.8 Å². The molecule has 0 saturated carbocycles. The first-order valence-electron chi connectivity index (χ1n) is 6.80. The van der Waals surface area contributed by atoms with Gasteiger partial charge in [0.1, 0.15) is 5.82 Å². The Hall–Kier alpha value is -0.640. The second-order valence-corrected chi connectivity index (χ2v) is 5.78. The molecule has 0 aromatic heterocycles. The summed E-state index contributed by atoms with van der Waals surface area (Å²) < 4.78 is 18.9. The number of hydrogen-bond donors (Lipinski definition) is 1. The minimum absolute atomic E-state index is 0.0936. The molecule has 0 radical (unpaired) electrons. The van der Waals surface area contributed by atoms with E-state index >= 15 is 0 Å². The number of ether oxygens (including phenoxy) is 1. The van der Waals surface area contributed by atoms with E-state index in [2.05, 4.69) is 6.92 Å². The van der Waals surface area contributed by atoms with Crippen LogP contribution in [0.3, 0.4) is 0 Å². The fourth-order valence-electron chi connectivity index (χ4n) is 2.70. The van der Waals surface area contributed by atoms with Gasteiger partial charge in [0.05, 0.1) is 11.7 Å². The molecule has 2 nitrogen and oxygen atoms in total. The molecule has 1 aliphatic heterocycles. The molecule has 0 aliphatic carbocycles. The summed E-state index contributed by atoms with van der Waals surface area (Å²) in [6.45, 7) is 2.65. The van der Waals surface area contributed by atoms with Gasteiger partial charge in [-0.15, -0.1) is 0 Å². The molecule has 1 aromatic carbocycles. The van der Waals surface area contributed by atoms with Gasteiger partial charge in [-0.2, -0.15) is 0 Å². The summed E-state index contributed by atoms with van der Waals surface area (Å²) in [6, 6.07) is 4.28. The van der Waals surface area contributed by atoms with Gasteiger partial charge in [-0.1, -0.05) is 24.9 Å². The van der Waals surface area contributed by atoms with Crippen LogP contribution in [0.25, 0.3) is 0 Å². The highest BCUT2D eigenvalue weighted by molar-refractivity contribution is 6.31. The van der Waals surface area contributed by atoms with Crippen molar-refractivity contribution in [2.45, 2.75) is 50.7 Å². The molecule has 2 rings (SSSR count). The van der Waals surface area contributed by atoms with Crippen molar-refractivity contribution in [2.75, 3.05) is 6.61 Å². The number of benzene rings is 1.